The lowest BCUT2D eigenvalue weighted by atomic mass is 10.1. The average Bonchev–Trinajstić information content (AvgIpc) is 2.74. The summed E-state index contributed by atoms with van der Waals surface area (Å²) in [5, 5.41) is 6.09. The van der Waals surface area contributed by atoms with E-state index in [1.165, 1.54) is 17.8 Å². The minimum atomic E-state index is -0.335. The highest BCUT2D eigenvalue weighted by molar-refractivity contribution is 8.04. The van der Waals surface area contributed by atoms with E-state index in [9.17, 15) is 9.59 Å². The van der Waals surface area contributed by atoms with Crippen LogP contribution in [0.15, 0.2) is 53.1 Å². The van der Waals surface area contributed by atoms with Gasteiger partial charge < -0.3 is 20.1 Å². The van der Waals surface area contributed by atoms with Crippen LogP contribution < -0.4 is 15.4 Å². The topological polar surface area (TPSA) is 76.7 Å². The van der Waals surface area contributed by atoms with Crippen molar-refractivity contribution in [1.82, 2.24) is 5.32 Å². The maximum Gasteiger partial charge on any atom is 0.265 e. The summed E-state index contributed by atoms with van der Waals surface area (Å²) in [6, 6.07) is 12.3. The summed E-state index contributed by atoms with van der Waals surface area (Å²) in [7, 11) is 0. The van der Waals surface area contributed by atoms with Crippen LogP contribution in [0, 0.1) is 0 Å². The van der Waals surface area contributed by atoms with Crippen LogP contribution in [-0.4, -0.2) is 30.3 Å². The van der Waals surface area contributed by atoms with Gasteiger partial charge in [0, 0.05) is 17.3 Å². The first kappa shape index (κ1) is 23.0. The van der Waals surface area contributed by atoms with Gasteiger partial charge in [0.15, 0.2) is 0 Å². The van der Waals surface area contributed by atoms with Gasteiger partial charge in [-0.15, -0.1) is 11.8 Å². The summed E-state index contributed by atoms with van der Waals surface area (Å²) in [4.78, 5) is 26.0. The van der Waals surface area contributed by atoms with E-state index in [4.69, 9.17) is 21.1 Å². The fourth-order valence-electron chi connectivity index (χ4n) is 2.96. The van der Waals surface area contributed by atoms with E-state index in [0.29, 0.717) is 45.8 Å². The third kappa shape index (κ3) is 6.42. The van der Waals surface area contributed by atoms with Crippen LogP contribution in [0.5, 0.6) is 5.75 Å². The lowest BCUT2D eigenvalue weighted by molar-refractivity contribution is -0.112. The summed E-state index contributed by atoms with van der Waals surface area (Å²) in [6.45, 7) is 6.59. The van der Waals surface area contributed by atoms with Crippen LogP contribution in [0.3, 0.4) is 0 Å². The van der Waals surface area contributed by atoms with E-state index in [2.05, 4.69) is 10.6 Å². The van der Waals surface area contributed by atoms with Gasteiger partial charge in [-0.1, -0.05) is 23.7 Å². The van der Waals surface area contributed by atoms with Crippen LogP contribution in [-0.2, 0) is 16.1 Å². The molecular formula is C23H25ClN2O4S. The van der Waals surface area contributed by atoms with E-state index in [1.807, 2.05) is 38.1 Å². The van der Waals surface area contributed by atoms with Gasteiger partial charge in [0.1, 0.15) is 16.4 Å². The zero-order valence-electron chi connectivity index (χ0n) is 17.7. The van der Waals surface area contributed by atoms with E-state index < -0.39 is 0 Å². The van der Waals surface area contributed by atoms with Gasteiger partial charge in [-0.3, -0.25) is 9.59 Å². The maximum atomic E-state index is 12.8. The first-order chi connectivity index (χ1) is 14.8. The molecule has 2 N–H and O–H groups in total. The van der Waals surface area contributed by atoms with E-state index in [-0.39, 0.29) is 17.9 Å². The second-order valence-electron chi connectivity index (χ2n) is 7.22. The molecule has 164 valence electrons. The molecule has 2 aromatic rings. The molecule has 0 unspecified atom stereocenters. The Kier molecular flexibility index (Phi) is 7.87. The highest BCUT2D eigenvalue weighted by atomic mass is 35.5. The zero-order chi connectivity index (χ0) is 22.4. The molecule has 8 heteroatoms. The number of hydrogen-bond donors (Lipinski definition) is 2. The summed E-state index contributed by atoms with van der Waals surface area (Å²) < 4.78 is 11.1. The van der Waals surface area contributed by atoms with Crippen LogP contribution >= 0.6 is 23.4 Å². The fraction of sp³-hybridized carbons (Fsp3) is 0.304. The van der Waals surface area contributed by atoms with Crippen LogP contribution in [0.2, 0.25) is 5.02 Å². The quantitative estimate of drug-likeness (QED) is 0.608. The molecule has 0 aromatic heterocycles. The van der Waals surface area contributed by atoms with Crippen molar-refractivity contribution in [2.45, 2.75) is 33.4 Å². The number of anilines is 1. The summed E-state index contributed by atoms with van der Waals surface area (Å²) >= 11 is 7.54. The lowest BCUT2D eigenvalue weighted by Crippen LogP contribution is -2.25. The molecule has 1 aliphatic rings. The minimum Gasteiger partial charge on any atom is -0.496 e. The van der Waals surface area contributed by atoms with Crippen molar-refractivity contribution >= 4 is 40.9 Å². The number of halogens is 1. The Hall–Kier alpha value is -2.64. The third-order valence-corrected chi connectivity index (χ3v) is 5.76. The number of carbonyl (C=O) groups is 2. The molecule has 0 spiro atoms. The molecule has 0 bridgehead atoms. The molecule has 1 aliphatic heterocycles. The molecule has 0 atom stereocenters. The van der Waals surface area contributed by atoms with Crippen molar-refractivity contribution in [3.05, 3.63) is 69.3 Å². The zero-order valence-corrected chi connectivity index (χ0v) is 19.2. The molecule has 3 rings (SSSR count). The average molecular weight is 461 g/mol. The number of allylic oxidation sites excluding steroid dienone is 1. The predicted octanol–water partition coefficient (Wildman–Crippen LogP) is 4.99. The molecule has 31 heavy (non-hydrogen) atoms. The van der Waals surface area contributed by atoms with Gasteiger partial charge in [-0.2, -0.15) is 0 Å². The number of carbonyl (C=O) groups excluding carboxylic acids is 2. The third-order valence-electron chi connectivity index (χ3n) is 4.40. The van der Waals surface area contributed by atoms with E-state index in [1.54, 1.807) is 19.1 Å². The van der Waals surface area contributed by atoms with E-state index in [0.717, 1.165) is 11.3 Å². The number of ether oxygens (including phenoxy) is 2. The molecule has 6 nitrogen and oxygen atoms in total. The fourth-order valence-corrected chi connectivity index (χ4v) is 3.95. The Morgan fingerprint density at radius 3 is 2.58 bits per heavy atom. The highest BCUT2D eigenvalue weighted by Crippen LogP contribution is 2.28. The largest absolute Gasteiger partial charge is 0.496 e. The Balaban J connectivity index is 1.69. The molecule has 0 saturated heterocycles. The minimum absolute atomic E-state index is 0.0973. The Bertz CT molecular complexity index is 990. The van der Waals surface area contributed by atoms with Gasteiger partial charge in [-0.25, -0.2) is 0 Å². The van der Waals surface area contributed by atoms with Gasteiger partial charge in [0.2, 0.25) is 0 Å². The monoisotopic (exact) mass is 460 g/mol. The van der Waals surface area contributed by atoms with Crippen LogP contribution in [0.25, 0.3) is 0 Å². The van der Waals surface area contributed by atoms with Gasteiger partial charge in [0.05, 0.1) is 24.0 Å². The SMILES string of the molecule is CC1=C(C(=O)Nc2ccc(Cl)cc2C(=O)NCc2ccc(OC(C)C)cc2)SCCO1. The number of thioether (sulfide) groups is 1. The first-order valence-electron chi connectivity index (χ1n) is 9.94. The molecule has 2 amide bonds. The second kappa shape index (κ2) is 10.6. The first-order valence-corrected chi connectivity index (χ1v) is 11.3. The van der Waals surface area contributed by atoms with Crippen molar-refractivity contribution in [3.63, 3.8) is 0 Å². The van der Waals surface area contributed by atoms with Crippen molar-refractivity contribution < 1.29 is 19.1 Å². The Morgan fingerprint density at radius 2 is 1.90 bits per heavy atom. The van der Waals surface area contributed by atoms with E-state index >= 15 is 0 Å². The molecular weight excluding hydrogens is 436 g/mol. The maximum absolute atomic E-state index is 12.8. The molecule has 0 fully saturated rings. The summed E-state index contributed by atoms with van der Waals surface area (Å²) in [5.41, 5.74) is 1.60. The standard InChI is InChI=1S/C23H25ClN2O4S/c1-14(2)30-18-7-4-16(5-8-18)13-25-22(27)19-12-17(24)6-9-20(19)26-23(28)21-15(3)29-10-11-31-21/h4-9,12,14H,10-11,13H2,1-3H3,(H,25,27)(H,26,28). The smallest absolute Gasteiger partial charge is 0.265 e. The molecule has 2 aromatic carbocycles. The number of rotatable bonds is 7. The molecule has 0 radical (unpaired) electrons. The number of amides is 2. The van der Waals surface area contributed by atoms with Crippen molar-refractivity contribution in [2.24, 2.45) is 0 Å². The second-order valence-corrected chi connectivity index (χ2v) is 8.76. The van der Waals surface area contributed by atoms with Crippen molar-refractivity contribution in [2.75, 3.05) is 17.7 Å². The molecule has 0 saturated carbocycles. The Labute approximate surface area is 191 Å². The Morgan fingerprint density at radius 1 is 1.16 bits per heavy atom. The van der Waals surface area contributed by atoms with Crippen molar-refractivity contribution in [1.29, 1.82) is 0 Å². The number of benzene rings is 2. The normalized spacial score (nSPS) is 13.6. The van der Waals surface area contributed by atoms with Crippen LogP contribution in [0.1, 0.15) is 36.7 Å². The lowest BCUT2D eigenvalue weighted by Gasteiger charge is -2.18. The van der Waals surface area contributed by atoms with Crippen molar-refractivity contribution in [3.8, 4) is 5.75 Å². The van der Waals surface area contributed by atoms with Gasteiger partial charge in [0.25, 0.3) is 11.8 Å². The highest BCUT2D eigenvalue weighted by Gasteiger charge is 2.21. The number of hydrogen-bond acceptors (Lipinski definition) is 5. The van der Waals surface area contributed by atoms with Crippen LogP contribution in [0.4, 0.5) is 5.69 Å². The van der Waals surface area contributed by atoms with Gasteiger partial charge in [-0.05, 0) is 56.7 Å². The molecule has 0 aliphatic carbocycles. The van der Waals surface area contributed by atoms with Gasteiger partial charge >= 0.3 is 0 Å². The predicted molar refractivity (Wildman–Crippen MR) is 125 cm³/mol. The summed E-state index contributed by atoms with van der Waals surface area (Å²) in [6.07, 6.45) is 0.0973. The molecule has 1 heterocycles. The summed E-state index contributed by atoms with van der Waals surface area (Å²) in [5.74, 6) is 1.42. The number of nitrogens with one attached hydrogen (secondary N) is 2.